The van der Waals surface area contributed by atoms with Gasteiger partial charge in [0.25, 0.3) is 0 Å². The zero-order chi connectivity index (χ0) is 14.5. The molecule has 0 aromatic heterocycles. The van der Waals surface area contributed by atoms with Crippen molar-refractivity contribution in [3.05, 3.63) is 33.8 Å². The molecule has 1 aromatic carbocycles. The summed E-state index contributed by atoms with van der Waals surface area (Å²) in [5.41, 5.74) is 6.82. The van der Waals surface area contributed by atoms with E-state index in [1.54, 1.807) is 12.1 Å². The number of nitrogens with zero attached hydrogens (tertiary/aromatic N) is 1. The fourth-order valence-electron chi connectivity index (χ4n) is 2.19. The smallest absolute Gasteiger partial charge is 0.189 e. The molecule has 110 valence electrons. The van der Waals surface area contributed by atoms with Gasteiger partial charge in [0.1, 0.15) is 0 Å². The summed E-state index contributed by atoms with van der Waals surface area (Å²) in [5.74, 6) is 0.402. The Labute approximate surface area is 129 Å². The van der Waals surface area contributed by atoms with Crippen LogP contribution in [0, 0.1) is 0 Å². The average Bonchev–Trinajstić information content (AvgIpc) is 2.89. The van der Waals surface area contributed by atoms with E-state index in [0.29, 0.717) is 22.5 Å². The number of halogens is 2. The molecular formula is C14H19Cl2N3O. The molecule has 0 saturated carbocycles. The molecule has 0 radical (unpaired) electrons. The number of guanidine groups is 1. The molecule has 1 saturated heterocycles. The summed E-state index contributed by atoms with van der Waals surface area (Å²) >= 11 is 12.0. The van der Waals surface area contributed by atoms with Crippen LogP contribution in [0.3, 0.4) is 0 Å². The maximum atomic E-state index is 6.16. The molecule has 0 aliphatic carbocycles. The summed E-state index contributed by atoms with van der Waals surface area (Å²) in [6.45, 7) is 3.40. The van der Waals surface area contributed by atoms with Gasteiger partial charge in [-0.3, -0.25) is 4.99 Å². The van der Waals surface area contributed by atoms with E-state index >= 15 is 0 Å². The molecule has 0 bridgehead atoms. The monoisotopic (exact) mass is 315 g/mol. The van der Waals surface area contributed by atoms with Crippen LogP contribution in [0.2, 0.25) is 10.0 Å². The van der Waals surface area contributed by atoms with Crippen LogP contribution in [0.4, 0.5) is 0 Å². The Morgan fingerprint density at radius 1 is 1.55 bits per heavy atom. The van der Waals surface area contributed by atoms with E-state index in [-0.39, 0.29) is 12.1 Å². The molecule has 2 rings (SSSR count). The molecule has 0 amide bonds. The lowest BCUT2D eigenvalue weighted by molar-refractivity contribution is 0.117. The number of hydrogen-bond acceptors (Lipinski definition) is 2. The number of nitrogens with one attached hydrogen (secondary N) is 1. The molecular weight excluding hydrogens is 297 g/mol. The Morgan fingerprint density at radius 2 is 2.35 bits per heavy atom. The molecule has 4 nitrogen and oxygen atoms in total. The number of aliphatic imine (C=N–C) groups is 1. The summed E-state index contributed by atoms with van der Waals surface area (Å²) < 4.78 is 5.50. The molecule has 2 atom stereocenters. The van der Waals surface area contributed by atoms with Crippen molar-refractivity contribution in [1.82, 2.24) is 5.32 Å². The van der Waals surface area contributed by atoms with Crippen molar-refractivity contribution in [3.63, 3.8) is 0 Å². The Balaban J connectivity index is 1.92. The second-order valence-corrected chi connectivity index (χ2v) is 5.74. The minimum atomic E-state index is -0.0342. The van der Waals surface area contributed by atoms with Crippen LogP contribution in [0.25, 0.3) is 0 Å². The molecule has 1 aliphatic heterocycles. The summed E-state index contributed by atoms with van der Waals surface area (Å²) in [6, 6.07) is 5.38. The largest absolute Gasteiger partial charge is 0.376 e. The van der Waals surface area contributed by atoms with E-state index in [0.717, 1.165) is 25.0 Å². The molecule has 1 fully saturated rings. The summed E-state index contributed by atoms with van der Waals surface area (Å²) in [7, 11) is 0. The van der Waals surface area contributed by atoms with Gasteiger partial charge in [0.15, 0.2) is 5.96 Å². The van der Waals surface area contributed by atoms with Crippen LogP contribution in [-0.4, -0.2) is 25.2 Å². The Hall–Kier alpha value is -0.970. The Bertz CT molecular complexity index is 487. The third-order valence-corrected chi connectivity index (χ3v) is 3.85. The number of benzene rings is 1. The maximum absolute atomic E-state index is 6.16. The standard InChI is InChI=1S/C14H19Cl2N3O/c1-9(12-5-4-10(15)7-13(12)16)19-14(17)18-8-11-3-2-6-20-11/h4-5,7,9,11H,2-3,6,8H2,1H3,(H3,17,18,19). The summed E-state index contributed by atoms with van der Waals surface area (Å²) in [6.07, 6.45) is 2.35. The van der Waals surface area contributed by atoms with Gasteiger partial charge in [-0.2, -0.15) is 0 Å². The van der Waals surface area contributed by atoms with Crippen LogP contribution in [0.15, 0.2) is 23.2 Å². The quantitative estimate of drug-likeness (QED) is 0.663. The van der Waals surface area contributed by atoms with Gasteiger partial charge in [-0.15, -0.1) is 0 Å². The SMILES string of the molecule is CC(NC(N)=NCC1CCCO1)c1ccc(Cl)cc1Cl. The fraction of sp³-hybridized carbons (Fsp3) is 0.500. The van der Waals surface area contributed by atoms with E-state index in [4.69, 9.17) is 33.7 Å². The van der Waals surface area contributed by atoms with Gasteiger partial charge in [0.2, 0.25) is 0 Å². The zero-order valence-electron chi connectivity index (χ0n) is 11.4. The normalized spacial score (nSPS) is 20.9. The van der Waals surface area contributed by atoms with E-state index in [2.05, 4.69) is 10.3 Å². The lowest BCUT2D eigenvalue weighted by atomic mass is 10.1. The minimum absolute atomic E-state index is 0.0342. The van der Waals surface area contributed by atoms with E-state index in [9.17, 15) is 0 Å². The molecule has 1 aromatic rings. The van der Waals surface area contributed by atoms with Crippen molar-refractivity contribution in [2.45, 2.75) is 31.9 Å². The van der Waals surface area contributed by atoms with Crippen molar-refractivity contribution in [2.75, 3.05) is 13.2 Å². The predicted molar refractivity (Wildman–Crippen MR) is 83.5 cm³/mol. The second kappa shape index (κ2) is 7.16. The lowest BCUT2D eigenvalue weighted by Crippen LogP contribution is -2.34. The van der Waals surface area contributed by atoms with Crippen LogP contribution in [0.1, 0.15) is 31.4 Å². The number of nitrogens with two attached hydrogens (primary N) is 1. The van der Waals surface area contributed by atoms with Crippen molar-refractivity contribution in [3.8, 4) is 0 Å². The van der Waals surface area contributed by atoms with Crippen molar-refractivity contribution < 1.29 is 4.74 Å². The lowest BCUT2D eigenvalue weighted by Gasteiger charge is -2.17. The van der Waals surface area contributed by atoms with Gasteiger partial charge < -0.3 is 15.8 Å². The van der Waals surface area contributed by atoms with Gasteiger partial charge in [0.05, 0.1) is 18.7 Å². The molecule has 3 N–H and O–H groups in total. The first-order chi connectivity index (χ1) is 9.56. The second-order valence-electron chi connectivity index (χ2n) is 4.89. The minimum Gasteiger partial charge on any atom is -0.376 e. The summed E-state index contributed by atoms with van der Waals surface area (Å²) in [4.78, 5) is 4.31. The molecule has 20 heavy (non-hydrogen) atoms. The van der Waals surface area contributed by atoms with Crippen LogP contribution >= 0.6 is 23.2 Å². The van der Waals surface area contributed by atoms with Crippen LogP contribution in [0.5, 0.6) is 0 Å². The highest BCUT2D eigenvalue weighted by atomic mass is 35.5. The van der Waals surface area contributed by atoms with Gasteiger partial charge in [0, 0.05) is 16.7 Å². The van der Waals surface area contributed by atoms with E-state index < -0.39 is 0 Å². The topological polar surface area (TPSA) is 59.6 Å². The molecule has 6 heteroatoms. The highest BCUT2D eigenvalue weighted by Gasteiger charge is 2.15. The number of hydrogen-bond donors (Lipinski definition) is 2. The molecule has 1 aliphatic rings. The third-order valence-electron chi connectivity index (χ3n) is 3.28. The fourth-order valence-corrected chi connectivity index (χ4v) is 2.76. The summed E-state index contributed by atoms with van der Waals surface area (Å²) in [5, 5.41) is 4.36. The van der Waals surface area contributed by atoms with Crippen molar-refractivity contribution in [1.29, 1.82) is 0 Å². The van der Waals surface area contributed by atoms with E-state index in [1.807, 2.05) is 13.0 Å². The first-order valence-corrected chi connectivity index (χ1v) is 7.45. The third kappa shape index (κ3) is 4.27. The zero-order valence-corrected chi connectivity index (χ0v) is 12.9. The average molecular weight is 316 g/mol. The Morgan fingerprint density at radius 3 is 3.00 bits per heavy atom. The number of rotatable bonds is 4. The van der Waals surface area contributed by atoms with Gasteiger partial charge in [-0.05, 0) is 37.5 Å². The maximum Gasteiger partial charge on any atom is 0.189 e. The van der Waals surface area contributed by atoms with Gasteiger partial charge in [-0.1, -0.05) is 29.3 Å². The number of ether oxygens (including phenoxy) is 1. The van der Waals surface area contributed by atoms with Crippen LogP contribution < -0.4 is 11.1 Å². The van der Waals surface area contributed by atoms with Gasteiger partial charge in [-0.25, -0.2) is 0 Å². The van der Waals surface area contributed by atoms with Crippen molar-refractivity contribution >= 4 is 29.2 Å². The Kier molecular flexibility index (Phi) is 5.52. The molecule has 1 heterocycles. The molecule has 0 spiro atoms. The predicted octanol–water partition coefficient (Wildman–Crippen LogP) is 3.14. The first kappa shape index (κ1) is 15.4. The first-order valence-electron chi connectivity index (χ1n) is 6.69. The highest BCUT2D eigenvalue weighted by molar-refractivity contribution is 6.35. The van der Waals surface area contributed by atoms with Crippen molar-refractivity contribution in [2.24, 2.45) is 10.7 Å². The van der Waals surface area contributed by atoms with Crippen LogP contribution in [-0.2, 0) is 4.74 Å². The van der Waals surface area contributed by atoms with Gasteiger partial charge >= 0.3 is 0 Å². The van der Waals surface area contributed by atoms with E-state index in [1.165, 1.54) is 0 Å². The highest BCUT2D eigenvalue weighted by Crippen LogP contribution is 2.25. The molecule has 2 unspecified atom stereocenters.